The Hall–Kier alpha value is -2.18. The Morgan fingerprint density at radius 3 is 2.52 bits per heavy atom. The monoisotopic (exact) mass is 382 g/mol. The van der Waals surface area contributed by atoms with Gasteiger partial charge in [0, 0.05) is 5.75 Å². The van der Waals surface area contributed by atoms with E-state index in [1.54, 1.807) is 11.8 Å². The lowest BCUT2D eigenvalue weighted by molar-refractivity contribution is 0.550. The molecule has 6 heteroatoms. The first-order valence-electron chi connectivity index (χ1n) is 9.28. The van der Waals surface area contributed by atoms with E-state index in [4.69, 9.17) is 0 Å². The van der Waals surface area contributed by atoms with Crippen LogP contribution in [0.5, 0.6) is 0 Å². The van der Waals surface area contributed by atoms with Crippen molar-refractivity contribution in [1.29, 1.82) is 0 Å². The second kappa shape index (κ2) is 8.23. The average Bonchev–Trinajstić information content (AvgIpc) is 3.33. The summed E-state index contributed by atoms with van der Waals surface area (Å²) < 4.78 is 15.3. The van der Waals surface area contributed by atoms with E-state index >= 15 is 0 Å². The van der Waals surface area contributed by atoms with Crippen LogP contribution in [0.1, 0.15) is 41.4 Å². The van der Waals surface area contributed by atoms with Crippen LogP contribution < -0.4 is 5.32 Å². The summed E-state index contributed by atoms with van der Waals surface area (Å²) in [5.41, 5.74) is 3.57. The highest BCUT2D eigenvalue weighted by Crippen LogP contribution is 2.28. The number of rotatable bonds is 6. The summed E-state index contributed by atoms with van der Waals surface area (Å²) in [6, 6.07) is 15.5. The van der Waals surface area contributed by atoms with Gasteiger partial charge in [0.25, 0.3) is 0 Å². The maximum Gasteiger partial charge on any atom is 0.191 e. The molecule has 1 fully saturated rings. The minimum absolute atomic E-state index is 0.208. The summed E-state index contributed by atoms with van der Waals surface area (Å²) in [5.74, 6) is 1.54. The average molecular weight is 383 g/mol. The SMILES string of the molecule is Cc1ccc(Cn2c(SCc3ccc(F)cc3)nnc2C2CCCN2)cc1. The molecule has 1 unspecified atom stereocenters. The van der Waals surface area contributed by atoms with Gasteiger partial charge >= 0.3 is 0 Å². The van der Waals surface area contributed by atoms with Gasteiger partial charge in [0.15, 0.2) is 11.0 Å². The van der Waals surface area contributed by atoms with Crippen molar-refractivity contribution in [3.8, 4) is 0 Å². The molecule has 27 heavy (non-hydrogen) atoms. The Morgan fingerprint density at radius 2 is 1.81 bits per heavy atom. The van der Waals surface area contributed by atoms with E-state index in [2.05, 4.69) is 51.3 Å². The number of nitrogens with one attached hydrogen (secondary N) is 1. The van der Waals surface area contributed by atoms with Gasteiger partial charge in [-0.25, -0.2) is 4.39 Å². The molecule has 0 aliphatic carbocycles. The van der Waals surface area contributed by atoms with E-state index in [9.17, 15) is 4.39 Å². The molecule has 3 aromatic rings. The summed E-state index contributed by atoms with van der Waals surface area (Å²) in [6.45, 7) is 3.88. The van der Waals surface area contributed by atoms with Crippen molar-refractivity contribution in [2.45, 2.75) is 43.3 Å². The zero-order valence-corrected chi connectivity index (χ0v) is 16.2. The number of nitrogens with zero attached hydrogens (tertiary/aromatic N) is 3. The molecule has 1 aromatic heterocycles. The molecule has 4 rings (SSSR count). The summed E-state index contributed by atoms with van der Waals surface area (Å²) >= 11 is 1.65. The van der Waals surface area contributed by atoms with Gasteiger partial charge < -0.3 is 9.88 Å². The van der Waals surface area contributed by atoms with E-state index < -0.39 is 0 Å². The fourth-order valence-electron chi connectivity index (χ4n) is 3.32. The van der Waals surface area contributed by atoms with Crippen LogP contribution in [0.2, 0.25) is 0 Å². The molecule has 2 heterocycles. The van der Waals surface area contributed by atoms with Crippen molar-refractivity contribution in [3.05, 3.63) is 76.9 Å². The molecule has 0 bridgehead atoms. The van der Waals surface area contributed by atoms with Crippen LogP contribution in [0.15, 0.2) is 53.7 Å². The van der Waals surface area contributed by atoms with Gasteiger partial charge in [-0.2, -0.15) is 0 Å². The maximum absolute atomic E-state index is 13.1. The second-order valence-corrected chi connectivity index (χ2v) is 7.92. The van der Waals surface area contributed by atoms with Gasteiger partial charge in [0.1, 0.15) is 5.82 Å². The first kappa shape index (κ1) is 18.2. The molecule has 1 aliphatic rings. The molecule has 0 saturated carbocycles. The van der Waals surface area contributed by atoms with Crippen molar-refractivity contribution in [2.24, 2.45) is 0 Å². The van der Waals surface area contributed by atoms with Crippen LogP contribution in [0, 0.1) is 12.7 Å². The third kappa shape index (κ3) is 4.39. The van der Waals surface area contributed by atoms with E-state index in [0.717, 1.165) is 41.8 Å². The van der Waals surface area contributed by atoms with Gasteiger partial charge in [-0.05, 0) is 49.6 Å². The number of thioether (sulfide) groups is 1. The molecule has 140 valence electrons. The first-order valence-corrected chi connectivity index (χ1v) is 10.3. The van der Waals surface area contributed by atoms with Crippen LogP contribution in [-0.4, -0.2) is 21.3 Å². The van der Waals surface area contributed by atoms with Crippen LogP contribution in [-0.2, 0) is 12.3 Å². The lowest BCUT2D eigenvalue weighted by atomic mass is 10.1. The molecule has 0 spiro atoms. The Morgan fingerprint density at radius 1 is 1.07 bits per heavy atom. The second-order valence-electron chi connectivity index (χ2n) is 6.98. The van der Waals surface area contributed by atoms with E-state index in [1.807, 2.05) is 12.1 Å². The number of aryl methyl sites for hydroxylation is 1. The van der Waals surface area contributed by atoms with Crippen LogP contribution >= 0.6 is 11.8 Å². The van der Waals surface area contributed by atoms with Gasteiger partial charge in [-0.1, -0.05) is 53.7 Å². The number of halogens is 1. The van der Waals surface area contributed by atoms with Crippen LogP contribution in [0.4, 0.5) is 4.39 Å². The van der Waals surface area contributed by atoms with Crippen molar-refractivity contribution in [3.63, 3.8) is 0 Å². The Bertz CT molecular complexity index is 884. The van der Waals surface area contributed by atoms with Gasteiger partial charge in [-0.3, -0.25) is 0 Å². The molecule has 2 aromatic carbocycles. The Balaban J connectivity index is 1.57. The molecular formula is C21H23FN4S. The fourth-order valence-corrected chi connectivity index (χ4v) is 4.22. The quantitative estimate of drug-likeness (QED) is 0.638. The van der Waals surface area contributed by atoms with E-state index in [1.165, 1.54) is 29.7 Å². The normalized spacial score (nSPS) is 16.7. The summed E-state index contributed by atoms with van der Waals surface area (Å²) in [6.07, 6.45) is 2.26. The fraction of sp³-hybridized carbons (Fsp3) is 0.333. The third-order valence-corrected chi connectivity index (χ3v) is 5.90. The van der Waals surface area contributed by atoms with Gasteiger partial charge in [0.2, 0.25) is 0 Å². The molecule has 1 aliphatic heterocycles. The van der Waals surface area contributed by atoms with Crippen molar-refractivity contribution in [2.75, 3.05) is 6.54 Å². The van der Waals surface area contributed by atoms with Crippen LogP contribution in [0.25, 0.3) is 0 Å². The van der Waals surface area contributed by atoms with Gasteiger partial charge in [0.05, 0.1) is 12.6 Å². The number of hydrogen-bond donors (Lipinski definition) is 1. The first-order chi connectivity index (χ1) is 13.2. The zero-order valence-electron chi connectivity index (χ0n) is 15.4. The smallest absolute Gasteiger partial charge is 0.191 e. The maximum atomic E-state index is 13.1. The number of aromatic nitrogens is 3. The lowest BCUT2D eigenvalue weighted by Crippen LogP contribution is -2.19. The minimum Gasteiger partial charge on any atom is -0.307 e. The molecular weight excluding hydrogens is 359 g/mol. The third-order valence-electron chi connectivity index (χ3n) is 4.86. The lowest BCUT2D eigenvalue weighted by Gasteiger charge is -2.14. The summed E-state index contributed by atoms with van der Waals surface area (Å²) in [5, 5.41) is 13.4. The highest BCUT2D eigenvalue weighted by molar-refractivity contribution is 7.98. The molecule has 1 N–H and O–H groups in total. The minimum atomic E-state index is -0.208. The van der Waals surface area contributed by atoms with E-state index in [0.29, 0.717) is 0 Å². The predicted octanol–water partition coefficient (Wildman–Crippen LogP) is 4.49. The summed E-state index contributed by atoms with van der Waals surface area (Å²) in [7, 11) is 0. The number of benzene rings is 2. The van der Waals surface area contributed by atoms with Crippen molar-refractivity contribution < 1.29 is 4.39 Å². The highest BCUT2D eigenvalue weighted by Gasteiger charge is 2.24. The predicted molar refractivity (Wildman–Crippen MR) is 106 cm³/mol. The Labute approximate surface area is 163 Å². The molecule has 4 nitrogen and oxygen atoms in total. The standard InChI is InChI=1S/C21H23FN4S/c1-15-4-6-16(7-5-15)13-26-20(19-3-2-12-23-19)24-25-21(26)27-14-17-8-10-18(22)11-9-17/h4-11,19,23H,2-3,12-14H2,1H3. The number of hydrogen-bond acceptors (Lipinski definition) is 4. The molecule has 0 radical (unpaired) electrons. The van der Waals surface area contributed by atoms with Crippen molar-refractivity contribution in [1.82, 2.24) is 20.1 Å². The topological polar surface area (TPSA) is 42.7 Å². The Kier molecular flexibility index (Phi) is 5.55. The van der Waals surface area contributed by atoms with Crippen molar-refractivity contribution >= 4 is 11.8 Å². The van der Waals surface area contributed by atoms with Crippen LogP contribution in [0.3, 0.4) is 0 Å². The van der Waals surface area contributed by atoms with E-state index in [-0.39, 0.29) is 11.9 Å². The van der Waals surface area contributed by atoms with Gasteiger partial charge in [-0.15, -0.1) is 10.2 Å². The molecule has 0 amide bonds. The zero-order chi connectivity index (χ0) is 18.6. The highest BCUT2D eigenvalue weighted by atomic mass is 32.2. The summed E-state index contributed by atoms with van der Waals surface area (Å²) in [4.78, 5) is 0. The molecule has 1 saturated heterocycles. The molecule has 1 atom stereocenters. The largest absolute Gasteiger partial charge is 0.307 e.